The van der Waals surface area contributed by atoms with Crippen molar-refractivity contribution in [2.45, 2.75) is 51.5 Å². The van der Waals surface area contributed by atoms with Crippen LogP contribution in [-0.2, 0) is 0 Å². The highest BCUT2D eigenvalue weighted by Gasteiger charge is 2.23. The first-order valence-corrected chi connectivity index (χ1v) is 10.5. The minimum atomic E-state index is -0.189. The molecule has 7 nitrogen and oxygen atoms in total. The van der Waals surface area contributed by atoms with Crippen molar-refractivity contribution in [1.29, 1.82) is 0 Å². The molecule has 9 heteroatoms. The van der Waals surface area contributed by atoms with E-state index in [9.17, 15) is 4.79 Å². The molecule has 0 saturated carbocycles. The normalized spacial score (nSPS) is 17.4. The number of benzene rings is 1. The maximum atomic E-state index is 12.8. The number of rotatable bonds is 4. The second-order valence-electron chi connectivity index (χ2n) is 7.85. The number of nitrogens with one attached hydrogen (secondary N) is 2. The smallest absolute Gasteiger partial charge is 0.278 e. The zero-order chi connectivity index (χ0) is 19.3. The second kappa shape index (κ2) is 11.5. The molecule has 2 saturated heterocycles. The standard InChI is InChI=1S/C21H30N6O.2ClH/c1-16-20(24-25-27(16)18-9-11-22-12-10-18)21(28)23-17-7-6-8-19(15-17)26-13-4-2-3-5-14-26;;/h6-8,15,18,22H,2-5,9-14H2,1H3,(H,23,28);2*1H. The van der Waals surface area contributed by atoms with E-state index in [-0.39, 0.29) is 30.7 Å². The maximum absolute atomic E-state index is 12.8. The van der Waals surface area contributed by atoms with Crippen LogP contribution >= 0.6 is 24.8 Å². The van der Waals surface area contributed by atoms with E-state index in [0.29, 0.717) is 11.7 Å². The van der Waals surface area contributed by atoms with Crippen molar-refractivity contribution in [3.8, 4) is 0 Å². The Kier molecular flexibility index (Phi) is 9.39. The molecule has 4 rings (SSSR count). The van der Waals surface area contributed by atoms with Gasteiger partial charge < -0.3 is 15.5 Å². The molecule has 0 aliphatic carbocycles. The number of piperidine rings is 1. The van der Waals surface area contributed by atoms with E-state index < -0.39 is 0 Å². The van der Waals surface area contributed by atoms with E-state index in [4.69, 9.17) is 0 Å². The fraction of sp³-hybridized carbons (Fsp3) is 0.571. The molecule has 2 aliphatic heterocycles. The van der Waals surface area contributed by atoms with Crippen molar-refractivity contribution in [1.82, 2.24) is 20.3 Å². The summed E-state index contributed by atoms with van der Waals surface area (Å²) < 4.78 is 1.92. The van der Waals surface area contributed by atoms with Gasteiger partial charge in [0.1, 0.15) is 0 Å². The number of amides is 1. The summed E-state index contributed by atoms with van der Waals surface area (Å²) in [5.41, 5.74) is 3.24. The van der Waals surface area contributed by atoms with E-state index in [1.807, 2.05) is 23.7 Å². The SMILES string of the molecule is Cc1c(C(=O)Nc2cccc(N3CCCCCC3)c2)nnn1C1CCNCC1.Cl.Cl. The summed E-state index contributed by atoms with van der Waals surface area (Å²) in [6.07, 6.45) is 7.11. The third-order valence-electron chi connectivity index (χ3n) is 5.87. The Morgan fingerprint density at radius 2 is 1.80 bits per heavy atom. The fourth-order valence-electron chi connectivity index (χ4n) is 4.25. The van der Waals surface area contributed by atoms with E-state index in [1.54, 1.807) is 0 Å². The molecule has 166 valence electrons. The van der Waals surface area contributed by atoms with Gasteiger partial charge in [-0.25, -0.2) is 4.68 Å². The van der Waals surface area contributed by atoms with Gasteiger partial charge in [0, 0.05) is 24.5 Å². The third-order valence-corrected chi connectivity index (χ3v) is 5.87. The predicted octanol–water partition coefficient (Wildman–Crippen LogP) is 3.99. The predicted molar refractivity (Wildman–Crippen MR) is 125 cm³/mol. The van der Waals surface area contributed by atoms with Crippen LogP contribution in [0.3, 0.4) is 0 Å². The summed E-state index contributed by atoms with van der Waals surface area (Å²) in [4.78, 5) is 15.2. The van der Waals surface area contributed by atoms with E-state index in [2.05, 4.69) is 38.0 Å². The molecular weight excluding hydrogens is 423 g/mol. The lowest BCUT2D eigenvalue weighted by Crippen LogP contribution is -2.30. The van der Waals surface area contributed by atoms with Gasteiger partial charge in [-0.05, 0) is 63.9 Å². The molecule has 2 aliphatic rings. The average Bonchev–Trinajstić information content (AvgIpc) is 2.92. The highest BCUT2D eigenvalue weighted by atomic mass is 35.5. The molecule has 30 heavy (non-hydrogen) atoms. The molecule has 2 aromatic rings. The summed E-state index contributed by atoms with van der Waals surface area (Å²) in [7, 11) is 0. The summed E-state index contributed by atoms with van der Waals surface area (Å²) in [6, 6.07) is 8.46. The summed E-state index contributed by atoms with van der Waals surface area (Å²) >= 11 is 0. The van der Waals surface area contributed by atoms with Crippen molar-refractivity contribution in [3.05, 3.63) is 35.7 Å². The van der Waals surface area contributed by atoms with Crippen LogP contribution in [0, 0.1) is 6.92 Å². The number of nitrogens with zero attached hydrogens (tertiary/aromatic N) is 4. The molecule has 3 heterocycles. The number of halogens is 2. The molecule has 0 unspecified atom stereocenters. The maximum Gasteiger partial charge on any atom is 0.278 e. The number of aromatic nitrogens is 3. The van der Waals surface area contributed by atoms with Gasteiger partial charge in [-0.15, -0.1) is 29.9 Å². The lowest BCUT2D eigenvalue weighted by molar-refractivity contribution is 0.102. The molecule has 0 spiro atoms. The van der Waals surface area contributed by atoms with E-state index in [0.717, 1.165) is 50.4 Å². The van der Waals surface area contributed by atoms with Crippen molar-refractivity contribution >= 4 is 42.1 Å². The van der Waals surface area contributed by atoms with E-state index in [1.165, 1.54) is 31.4 Å². The van der Waals surface area contributed by atoms with Crippen LogP contribution < -0.4 is 15.5 Å². The average molecular weight is 455 g/mol. The minimum Gasteiger partial charge on any atom is -0.371 e. The van der Waals surface area contributed by atoms with Crippen LogP contribution in [0.15, 0.2) is 24.3 Å². The first-order chi connectivity index (χ1) is 13.7. The van der Waals surface area contributed by atoms with Crippen molar-refractivity contribution in [3.63, 3.8) is 0 Å². The first-order valence-electron chi connectivity index (χ1n) is 10.5. The van der Waals surface area contributed by atoms with Gasteiger partial charge in [0.25, 0.3) is 5.91 Å². The Bertz CT molecular complexity index is 814. The van der Waals surface area contributed by atoms with Gasteiger partial charge in [0.05, 0.1) is 11.7 Å². The van der Waals surface area contributed by atoms with Gasteiger partial charge in [0.2, 0.25) is 0 Å². The first kappa shape index (κ1) is 24.4. The van der Waals surface area contributed by atoms with Crippen molar-refractivity contribution in [2.75, 3.05) is 36.4 Å². The molecular formula is C21H32Cl2N6O. The third kappa shape index (κ3) is 5.65. The molecule has 0 radical (unpaired) electrons. The van der Waals surface area contributed by atoms with Gasteiger partial charge in [-0.3, -0.25) is 4.79 Å². The monoisotopic (exact) mass is 454 g/mol. The summed E-state index contributed by atoms with van der Waals surface area (Å²) in [5, 5.41) is 14.8. The molecule has 2 N–H and O–H groups in total. The fourth-order valence-corrected chi connectivity index (χ4v) is 4.25. The number of anilines is 2. The van der Waals surface area contributed by atoms with Crippen LogP contribution in [0.25, 0.3) is 0 Å². The molecule has 0 bridgehead atoms. The van der Waals surface area contributed by atoms with Gasteiger partial charge in [-0.1, -0.05) is 24.1 Å². The molecule has 0 atom stereocenters. The lowest BCUT2D eigenvalue weighted by atomic mass is 10.1. The van der Waals surface area contributed by atoms with Gasteiger partial charge >= 0.3 is 0 Å². The second-order valence-corrected chi connectivity index (χ2v) is 7.85. The Morgan fingerprint density at radius 3 is 2.50 bits per heavy atom. The van der Waals surface area contributed by atoms with Gasteiger partial charge in [-0.2, -0.15) is 0 Å². The summed E-state index contributed by atoms with van der Waals surface area (Å²) in [6.45, 7) is 6.07. The lowest BCUT2D eigenvalue weighted by Gasteiger charge is -2.23. The molecule has 1 aromatic carbocycles. The van der Waals surface area contributed by atoms with Crippen molar-refractivity contribution in [2.24, 2.45) is 0 Å². The topological polar surface area (TPSA) is 75.1 Å². The number of hydrogen-bond donors (Lipinski definition) is 2. The number of carbonyl (C=O) groups is 1. The van der Waals surface area contributed by atoms with Crippen LogP contribution in [0.5, 0.6) is 0 Å². The van der Waals surface area contributed by atoms with Crippen LogP contribution in [-0.4, -0.2) is 47.1 Å². The Balaban J connectivity index is 0.00000160. The highest BCUT2D eigenvalue weighted by Crippen LogP contribution is 2.24. The molecule has 2 fully saturated rings. The molecule has 1 aromatic heterocycles. The van der Waals surface area contributed by atoms with Crippen molar-refractivity contribution < 1.29 is 4.79 Å². The van der Waals surface area contributed by atoms with E-state index >= 15 is 0 Å². The largest absolute Gasteiger partial charge is 0.371 e. The minimum absolute atomic E-state index is 0. The quantitative estimate of drug-likeness (QED) is 0.730. The number of hydrogen-bond acceptors (Lipinski definition) is 5. The molecule has 1 amide bonds. The number of carbonyl (C=O) groups excluding carboxylic acids is 1. The summed E-state index contributed by atoms with van der Waals surface area (Å²) in [5.74, 6) is -0.189. The Labute approximate surface area is 190 Å². The highest BCUT2D eigenvalue weighted by molar-refractivity contribution is 6.03. The Morgan fingerprint density at radius 1 is 1.10 bits per heavy atom. The van der Waals surface area contributed by atoms with Crippen LogP contribution in [0.1, 0.15) is 60.7 Å². The zero-order valence-electron chi connectivity index (χ0n) is 17.5. The van der Waals surface area contributed by atoms with Crippen LogP contribution in [0.2, 0.25) is 0 Å². The van der Waals surface area contributed by atoms with Crippen LogP contribution in [0.4, 0.5) is 11.4 Å². The Hall–Kier alpha value is -1.83. The zero-order valence-corrected chi connectivity index (χ0v) is 19.1. The van der Waals surface area contributed by atoms with Gasteiger partial charge in [0.15, 0.2) is 5.69 Å².